The zero-order chi connectivity index (χ0) is 25.2. The number of carboxylic acid groups (broad SMARTS) is 1. The van der Waals surface area contributed by atoms with Gasteiger partial charge in [0, 0.05) is 12.8 Å². The minimum absolute atomic E-state index is 0.100. The average Bonchev–Trinajstić information content (AvgIpc) is 3.47. The number of carboxylic acids is 1. The van der Waals surface area contributed by atoms with Crippen LogP contribution in [0, 0.1) is 5.92 Å². The van der Waals surface area contributed by atoms with Gasteiger partial charge in [0.2, 0.25) is 16.9 Å². The van der Waals surface area contributed by atoms with Gasteiger partial charge in [0.25, 0.3) is 0 Å². The zero-order valence-corrected chi connectivity index (χ0v) is 17.7. The Morgan fingerprint density at radius 3 is 2.12 bits per heavy atom. The fourth-order valence-electron chi connectivity index (χ4n) is 2.21. The number of nitrogens with one attached hydrogen (secondary N) is 3. The molecule has 1 saturated carbocycles. The SMILES string of the molecule is C=N/N=C(\SCNC(=O)/C=C/[C@@H](NC(=O)[C@@H]1CCN1)C1CC1)C(F)(F)F.O=C(O)C(F)(F)F. The summed E-state index contributed by atoms with van der Waals surface area (Å²) in [5, 5.41) is 19.9. The van der Waals surface area contributed by atoms with Crippen molar-refractivity contribution in [1.82, 2.24) is 16.0 Å². The molecule has 1 aliphatic carbocycles. The van der Waals surface area contributed by atoms with Crippen molar-refractivity contribution >= 4 is 41.3 Å². The Morgan fingerprint density at radius 1 is 1.15 bits per heavy atom. The molecule has 1 heterocycles. The third kappa shape index (κ3) is 11.2. The van der Waals surface area contributed by atoms with E-state index in [1.807, 2.05) is 0 Å². The van der Waals surface area contributed by atoms with Crippen LogP contribution in [0.4, 0.5) is 26.3 Å². The van der Waals surface area contributed by atoms with Gasteiger partial charge in [-0.1, -0.05) is 17.8 Å². The summed E-state index contributed by atoms with van der Waals surface area (Å²) < 4.78 is 69.5. The highest BCUT2D eigenvalue weighted by Crippen LogP contribution is 2.33. The lowest BCUT2D eigenvalue weighted by atomic mass is 10.1. The van der Waals surface area contributed by atoms with Crippen LogP contribution in [-0.4, -0.2) is 71.5 Å². The van der Waals surface area contributed by atoms with Crippen LogP contribution in [0.15, 0.2) is 22.4 Å². The van der Waals surface area contributed by atoms with Gasteiger partial charge >= 0.3 is 18.3 Å². The van der Waals surface area contributed by atoms with E-state index in [2.05, 4.69) is 32.9 Å². The van der Waals surface area contributed by atoms with E-state index in [0.717, 1.165) is 25.8 Å². The molecular weight excluding hydrogens is 484 g/mol. The molecule has 1 saturated heterocycles. The van der Waals surface area contributed by atoms with Gasteiger partial charge in [-0.2, -0.15) is 31.4 Å². The normalized spacial score (nSPS) is 19.6. The van der Waals surface area contributed by atoms with Gasteiger partial charge in [-0.15, -0.1) is 5.10 Å². The molecule has 0 radical (unpaired) electrons. The third-order valence-corrected chi connectivity index (χ3v) is 5.01. The Kier molecular flexibility index (Phi) is 10.8. The first-order chi connectivity index (χ1) is 15.3. The maximum Gasteiger partial charge on any atom is 0.490 e. The Bertz CT molecular complexity index is 779. The smallest absolute Gasteiger partial charge is 0.475 e. The van der Waals surface area contributed by atoms with Crippen molar-refractivity contribution in [3.63, 3.8) is 0 Å². The number of hydrogen-bond donors (Lipinski definition) is 4. The van der Waals surface area contributed by atoms with Crippen LogP contribution in [0.3, 0.4) is 0 Å². The number of halogens is 6. The number of thioether (sulfide) groups is 1. The van der Waals surface area contributed by atoms with Crippen molar-refractivity contribution in [2.45, 2.75) is 43.7 Å². The molecule has 16 heteroatoms. The van der Waals surface area contributed by atoms with Gasteiger partial charge < -0.3 is 21.1 Å². The molecule has 0 aromatic rings. The van der Waals surface area contributed by atoms with Crippen molar-refractivity contribution in [3.05, 3.63) is 12.2 Å². The predicted molar refractivity (Wildman–Crippen MR) is 108 cm³/mol. The summed E-state index contributed by atoms with van der Waals surface area (Å²) in [4.78, 5) is 32.6. The number of aliphatic carboxylic acids is 1. The molecule has 2 atom stereocenters. The Labute approximate surface area is 188 Å². The first-order valence-electron chi connectivity index (χ1n) is 9.29. The first kappa shape index (κ1) is 28.4. The van der Waals surface area contributed by atoms with Crippen molar-refractivity contribution < 1.29 is 45.8 Å². The molecule has 2 fully saturated rings. The number of alkyl halides is 6. The molecule has 2 rings (SSSR count). The molecule has 0 spiro atoms. The molecule has 4 N–H and O–H groups in total. The molecule has 2 aliphatic rings. The summed E-state index contributed by atoms with van der Waals surface area (Å²) in [6.07, 6.45) is -4.21. The highest BCUT2D eigenvalue weighted by atomic mass is 32.2. The van der Waals surface area contributed by atoms with E-state index >= 15 is 0 Å². The molecular formula is C17H21F6N5O4S. The molecule has 9 nitrogen and oxygen atoms in total. The molecule has 186 valence electrons. The van der Waals surface area contributed by atoms with Gasteiger partial charge in [0.05, 0.1) is 18.0 Å². The topological polar surface area (TPSA) is 132 Å². The first-order valence-corrected chi connectivity index (χ1v) is 10.3. The van der Waals surface area contributed by atoms with Gasteiger partial charge in [-0.3, -0.25) is 9.59 Å². The molecule has 1 aliphatic heterocycles. The van der Waals surface area contributed by atoms with E-state index in [9.17, 15) is 35.9 Å². The standard InChI is InChI=1S/C15H20F3N5O2S.C2HF3O2/c1-19-23-14(15(16,17)18)26-8-21-12(24)5-4-10(9-2-3-9)22-13(25)11-6-7-20-11;3-2(4,5)1(6)7/h4-5,9-11,20H,1-3,6-8H2,(H,21,24)(H,22,25);(H,6,7)/b5-4+,23-14-;/t10-,11+;/m1./s1. The lowest BCUT2D eigenvalue weighted by Crippen LogP contribution is -2.55. The van der Waals surface area contributed by atoms with E-state index in [1.54, 1.807) is 6.08 Å². The second-order valence-corrected chi connectivity index (χ2v) is 7.67. The average molecular weight is 505 g/mol. The van der Waals surface area contributed by atoms with Crippen LogP contribution in [0.2, 0.25) is 0 Å². The largest absolute Gasteiger partial charge is 0.490 e. The maximum absolute atomic E-state index is 12.6. The van der Waals surface area contributed by atoms with Gasteiger partial charge in [-0.05, 0) is 31.7 Å². The number of carbonyl (C=O) groups excluding carboxylic acids is 2. The zero-order valence-electron chi connectivity index (χ0n) is 16.9. The van der Waals surface area contributed by atoms with Gasteiger partial charge in [-0.25, -0.2) is 4.79 Å². The molecule has 0 aromatic carbocycles. The van der Waals surface area contributed by atoms with Crippen molar-refractivity contribution in [1.29, 1.82) is 0 Å². The van der Waals surface area contributed by atoms with Gasteiger partial charge in [0.1, 0.15) is 0 Å². The highest BCUT2D eigenvalue weighted by molar-refractivity contribution is 8.14. The lowest BCUT2D eigenvalue weighted by molar-refractivity contribution is -0.192. The fourth-order valence-corrected chi connectivity index (χ4v) is 2.84. The van der Waals surface area contributed by atoms with Crippen LogP contribution >= 0.6 is 11.8 Å². The molecule has 0 aromatic heterocycles. The number of nitrogens with zero attached hydrogens (tertiary/aromatic N) is 2. The summed E-state index contributed by atoms with van der Waals surface area (Å²) in [6.45, 7) is 3.70. The van der Waals surface area contributed by atoms with Crippen molar-refractivity contribution in [2.75, 3.05) is 12.4 Å². The van der Waals surface area contributed by atoms with E-state index in [1.165, 1.54) is 6.08 Å². The van der Waals surface area contributed by atoms with Crippen LogP contribution in [-0.2, 0) is 14.4 Å². The number of amides is 2. The van der Waals surface area contributed by atoms with E-state index in [4.69, 9.17) is 9.90 Å². The third-order valence-electron chi connectivity index (χ3n) is 4.14. The maximum atomic E-state index is 12.6. The molecule has 0 unspecified atom stereocenters. The monoisotopic (exact) mass is 505 g/mol. The summed E-state index contributed by atoms with van der Waals surface area (Å²) in [6, 6.07) is -0.436. The molecule has 33 heavy (non-hydrogen) atoms. The summed E-state index contributed by atoms with van der Waals surface area (Å²) in [5.41, 5.74) is 0. The Morgan fingerprint density at radius 2 is 1.73 bits per heavy atom. The van der Waals surface area contributed by atoms with Crippen LogP contribution in [0.5, 0.6) is 0 Å². The van der Waals surface area contributed by atoms with Gasteiger partial charge in [0.15, 0.2) is 0 Å². The highest BCUT2D eigenvalue weighted by Gasteiger charge is 2.38. The second kappa shape index (κ2) is 12.6. The Balaban J connectivity index is 0.000000675. The van der Waals surface area contributed by atoms with E-state index in [0.29, 0.717) is 17.7 Å². The van der Waals surface area contributed by atoms with E-state index in [-0.39, 0.29) is 23.9 Å². The van der Waals surface area contributed by atoms with Crippen molar-refractivity contribution in [2.24, 2.45) is 16.1 Å². The number of hydrogen-bond acceptors (Lipinski definition) is 7. The van der Waals surface area contributed by atoms with Crippen molar-refractivity contribution in [3.8, 4) is 0 Å². The molecule has 0 bridgehead atoms. The lowest BCUT2D eigenvalue weighted by Gasteiger charge is -2.28. The van der Waals surface area contributed by atoms with Crippen LogP contribution in [0.25, 0.3) is 0 Å². The fraction of sp³-hybridized carbons (Fsp3) is 0.588. The minimum atomic E-state index is -5.08. The quantitative estimate of drug-likeness (QED) is 0.0994. The van der Waals surface area contributed by atoms with Crippen LogP contribution in [0.1, 0.15) is 19.3 Å². The minimum Gasteiger partial charge on any atom is -0.475 e. The number of rotatable bonds is 8. The number of carbonyl (C=O) groups is 3. The van der Waals surface area contributed by atoms with Crippen LogP contribution < -0.4 is 16.0 Å². The summed E-state index contributed by atoms with van der Waals surface area (Å²) >= 11 is 0.307. The predicted octanol–water partition coefficient (Wildman–Crippen LogP) is 1.82. The second-order valence-electron chi connectivity index (χ2n) is 6.70. The Hall–Kier alpha value is -2.62. The molecule has 2 amide bonds. The summed E-state index contributed by atoms with van der Waals surface area (Å²) in [5.74, 6) is -3.43. The van der Waals surface area contributed by atoms with E-state index < -0.39 is 29.3 Å². The summed E-state index contributed by atoms with van der Waals surface area (Å²) in [7, 11) is 0.